The van der Waals surface area contributed by atoms with Crippen molar-refractivity contribution in [2.75, 3.05) is 7.11 Å². The summed E-state index contributed by atoms with van der Waals surface area (Å²) >= 11 is 0. The Morgan fingerprint density at radius 3 is 2.62 bits per heavy atom. The molecule has 0 aliphatic heterocycles. The minimum absolute atomic E-state index is 0.423. The van der Waals surface area contributed by atoms with Gasteiger partial charge in [0.2, 0.25) is 0 Å². The molecule has 16 heavy (non-hydrogen) atoms. The highest BCUT2D eigenvalue weighted by Gasteiger charge is 2.04. The zero-order valence-corrected chi connectivity index (χ0v) is 9.73. The largest absolute Gasteiger partial charge is 0.496 e. The Bertz CT molecular complexity index is 406. The molecule has 0 aliphatic carbocycles. The van der Waals surface area contributed by atoms with Crippen LogP contribution in [0.1, 0.15) is 30.9 Å². The molecular formula is C13H16O3. The van der Waals surface area contributed by atoms with Crippen molar-refractivity contribution in [1.82, 2.24) is 0 Å². The summed E-state index contributed by atoms with van der Waals surface area (Å²) in [5.41, 5.74) is 1.94. The molecule has 0 spiro atoms. The molecule has 3 heteroatoms. The van der Waals surface area contributed by atoms with Crippen molar-refractivity contribution in [3.63, 3.8) is 0 Å². The van der Waals surface area contributed by atoms with Crippen LogP contribution in [0.2, 0.25) is 0 Å². The number of hydrogen-bond acceptors (Lipinski definition) is 2. The first-order valence-electron chi connectivity index (χ1n) is 5.13. The Balaban J connectivity index is 3.07. The molecule has 1 aromatic carbocycles. The molecule has 0 heterocycles. The summed E-state index contributed by atoms with van der Waals surface area (Å²) in [5.74, 6) is 0.157. The van der Waals surface area contributed by atoms with E-state index in [-0.39, 0.29) is 0 Å². The van der Waals surface area contributed by atoms with Crippen molar-refractivity contribution in [1.29, 1.82) is 0 Å². The number of benzene rings is 1. The van der Waals surface area contributed by atoms with Crippen molar-refractivity contribution >= 4 is 12.0 Å². The number of hydrogen-bond donors (Lipinski definition) is 1. The van der Waals surface area contributed by atoms with Crippen LogP contribution >= 0.6 is 0 Å². The second-order valence-electron chi connectivity index (χ2n) is 3.83. The van der Waals surface area contributed by atoms with E-state index in [9.17, 15) is 4.79 Å². The molecule has 0 fully saturated rings. The van der Waals surface area contributed by atoms with Crippen LogP contribution in [0.4, 0.5) is 0 Å². The van der Waals surface area contributed by atoms with Gasteiger partial charge in [-0.15, -0.1) is 0 Å². The third-order valence-corrected chi connectivity index (χ3v) is 2.33. The number of rotatable bonds is 4. The molecule has 3 nitrogen and oxygen atoms in total. The third kappa shape index (κ3) is 3.12. The summed E-state index contributed by atoms with van der Waals surface area (Å²) in [6.07, 6.45) is 2.64. The van der Waals surface area contributed by atoms with Crippen molar-refractivity contribution < 1.29 is 14.6 Å². The molecule has 0 amide bonds. The first kappa shape index (κ1) is 12.3. The highest BCUT2D eigenvalue weighted by molar-refractivity contribution is 5.85. The topological polar surface area (TPSA) is 46.5 Å². The van der Waals surface area contributed by atoms with Crippen LogP contribution in [0.15, 0.2) is 24.3 Å². The van der Waals surface area contributed by atoms with E-state index in [1.54, 1.807) is 7.11 Å². The lowest BCUT2D eigenvalue weighted by atomic mass is 10.0. The van der Waals surface area contributed by atoms with Gasteiger partial charge < -0.3 is 9.84 Å². The Kier molecular flexibility index (Phi) is 4.11. The molecule has 0 atom stereocenters. The fraction of sp³-hybridized carbons (Fsp3) is 0.308. The average Bonchev–Trinajstić information content (AvgIpc) is 2.25. The molecule has 0 bridgehead atoms. The first-order valence-corrected chi connectivity index (χ1v) is 5.13. The van der Waals surface area contributed by atoms with E-state index in [4.69, 9.17) is 9.84 Å². The van der Waals surface area contributed by atoms with Crippen molar-refractivity contribution in [3.05, 3.63) is 35.4 Å². The van der Waals surface area contributed by atoms with Crippen LogP contribution in [0.25, 0.3) is 6.08 Å². The molecule has 0 aromatic heterocycles. The summed E-state index contributed by atoms with van der Waals surface area (Å²) in [5, 5.41) is 8.55. The number of carboxylic acids is 1. The minimum atomic E-state index is -0.963. The van der Waals surface area contributed by atoms with Crippen LogP contribution in [0.3, 0.4) is 0 Å². The van der Waals surface area contributed by atoms with E-state index in [0.29, 0.717) is 11.7 Å². The van der Waals surface area contributed by atoms with Gasteiger partial charge in [0.15, 0.2) is 0 Å². The van der Waals surface area contributed by atoms with Crippen LogP contribution in [0.5, 0.6) is 5.75 Å². The van der Waals surface area contributed by atoms with E-state index in [2.05, 4.69) is 13.8 Å². The van der Waals surface area contributed by atoms with Gasteiger partial charge in [-0.05, 0) is 23.6 Å². The SMILES string of the molecule is COc1cc(C(C)C)ccc1/C=C/C(=O)O. The number of methoxy groups -OCH3 is 1. The summed E-state index contributed by atoms with van der Waals surface area (Å²) in [4.78, 5) is 10.4. The molecule has 1 N–H and O–H groups in total. The molecular weight excluding hydrogens is 204 g/mol. The van der Waals surface area contributed by atoms with E-state index < -0.39 is 5.97 Å². The number of aliphatic carboxylic acids is 1. The Hall–Kier alpha value is -1.77. The van der Waals surface area contributed by atoms with Gasteiger partial charge in [-0.1, -0.05) is 26.0 Å². The zero-order valence-electron chi connectivity index (χ0n) is 9.73. The normalized spacial score (nSPS) is 11.0. The molecule has 86 valence electrons. The first-order chi connectivity index (χ1) is 7.54. The molecule has 0 saturated heterocycles. The smallest absolute Gasteiger partial charge is 0.328 e. The van der Waals surface area contributed by atoms with Crippen molar-refractivity contribution in [3.8, 4) is 5.75 Å². The molecule has 0 saturated carbocycles. The maximum Gasteiger partial charge on any atom is 0.328 e. The Morgan fingerprint density at radius 1 is 1.44 bits per heavy atom. The lowest BCUT2D eigenvalue weighted by molar-refractivity contribution is -0.131. The average molecular weight is 220 g/mol. The van der Waals surface area contributed by atoms with Gasteiger partial charge in [-0.25, -0.2) is 4.79 Å². The molecule has 0 aliphatic rings. The van der Waals surface area contributed by atoms with Crippen LogP contribution in [0, 0.1) is 0 Å². The second-order valence-corrected chi connectivity index (χ2v) is 3.83. The fourth-order valence-corrected chi connectivity index (χ4v) is 1.39. The van der Waals surface area contributed by atoms with Crippen LogP contribution in [-0.2, 0) is 4.79 Å². The predicted octanol–water partition coefficient (Wildman–Crippen LogP) is 2.92. The van der Waals surface area contributed by atoms with Gasteiger partial charge >= 0.3 is 5.97 Å². The lowest BCUT2D eigenvalue weighted by Gasteiger charge is -2.10. The van der Waals surface area contributed by atoms with E-state index in [1.165, 1.54) is 11.6 Å². The van der Waals surface area contributed by atoms with Gasteiger partial charge in [0, 0.05) is 11.6 Å². The number of carbonyl (C=O) groups is 1. The highest BCUT2D eigenvalue weighted by Crippen LogP contribution is 2.25. The van der Waals surface area contributed by atoms with Gasteiger partial charge in [-0.2, -0.15) is 0 Å². The zero-order chi connectivity index (χ0) is 12.1. The number of carboxylic acid groups (broad SMARTS) is 1. The van der Waals surface area contributed by atoms with Gasteiger partial charge in [-0.3, -0.25) is 0 Å². The maximum atomic E-state index is 10.4. The second kappa shape index (κ2) is 5.35. The minimum Gasteiger partial charge on any atom is -0.496 e. The molecule has 0 unspecified atom stereocenters. The van der Waals surface area contributed by atoms with Gasteiger partial charge in [0.25, 0.3) is 0 Å². The maximum absolute atomic E-state index is 10.4. The molecule has 1 rings (SSSR count). The third-order valence-electron chi connectivity index (χ3n) is 2.33. The summed E-state index contributed by atoms with van der Waals surface area (Å²) in [6, 6.07) is 5.79. The fourth-order valence-electron chi connectivity index (χ4n) is 1.39. The highest BCUT2D eigenvalue weighted by atomic mass is 16.5. The van der Waals surface area contributed by atoms with E-state index >= 15 is 0 Å². The summed E-state index contributed by atoms with van der Waals surface area (Å²) in [6.45, 7) is 4.20. The summed E-state index contributed by atoms with van der Waals surface area (Å²) in [7, 11) is 1.58. The van der Waals surface area contributed by atoms with E-state index in [0.717, 1.165) is 11.6 Å². The standard InChI is InChI=1S/C13H16O3/c1-9(2)11-5-4-10(6-7-13(14)15)12(8-11)16-3/h4-9H,1-3H3,(H,14,15)/b7-6+. The van der Waals surface area contributed by atoms with Crippen LogP contribution in [-0.4, -0.2) is 18.2 Å². The van der Waals surface area contributed by atoms with E-state index in [1.807, 2.05) is 18.2 Å². The Morgan fingerprint density at radius 2 is 2.12 bits per heavy atom. The van der Waals surface area contributed by atoms with Crippen molar-refractivity contribution in [2.45, 2.75) is 19.8 Å². The predicted molar refractivity (Wildman–Crippen MR) is 63.8 cm³/mol. The van der Waals surface area contributed by atoms with Gasteiger partial charge in [0.1, 0.15) is 5.75 Å². The van der Waals surface area contributed by atoms with Gasteiger partial charge in [0.05, 0.1) is 7.11 Å². The Labute approximate surface area is 95.4 Å². The van der Waals surface area contributed by atoms with Crippen LogP contribution < -0.4 is 4.74 Å². The lowest BCUT2D eigenvalue weighted by Crippen LogP contribution is -1.93. The monoisotopic (exact) mass is 220 g/mol. The summed E-state index contributed by atoms with van der Waals surface area (Å²) < 4.78 is 5.22. The molecule has 0 radical (unpaired) electrons. The molecule has 1 aromatic rings. The van der Waals surface area contributed by atoms with Crippen molar-refractivity contribution in [2.24, 2.45) is 0 Å². The number of ether oxygens (including phenoxy) is 1. The quantitative estimate of drug-likeness (QED) is 0.793.